The Hall–Kier alpha value is -2.71. The summed E-state index contributed by atoms with van der Waals surface area (Å²) in [7, 11) is 0. The van der Waals surface area contributed by atoms with Crippen LogP contribution in [0.3, 0.4) is 0 Å². The maximum Gasteiger partial charge on any atom is 0.226 e. The molecular formula is C19H13F5MnN2O2. The zero-order valence-electron chi connectivity index (χ0n) is 15.2. The molecule has 0 spiro atoms. The van der Waals surface area contributed by atoms with E-state index in [1.807, 2.05) is 0 Å². The minimum atomic E-state index is -2.34. The van der Waals surface area contributed by atoms with Crippen molar-refractivity contribution in [3.05, 3.63) is 75.2 Å². The second kappa shape index (κ2) is 7.96. The van der Waals surface area contributed by atoms with Gasteiger partial charge in [0.1, 0.15) is 11.3 Å². The molecule has 1 heterocycles. The van der Waals surface area contributed by atoms with Gasteiger partial charge in [0.05, 0.1) is 5.69 Å². The minimum Gasteiger partial charge on any atom is -0.493 e. The molecule has 0 saturated carbocycles. The predicted octanol–water partition coefficient (Wildman–Crippen LogP) is 4.43. The fourth-order valence-electron chi connectivity index (χ4n) is 3.01. The van der Waals surface area contributed by atoms with Crippen LogP contribution in [0.1, 0.15) is 32.7 Å². The van der Waals surface area contributed by atoms with Crippen LogP contribution < -0.4 is 0 Å². The molecule has 3 rings (SSSR count). The first-order valence-electron chi connectivity index (χ1n) is 7.99. The van der Waals surface area contributed by atoms with Crippen LogP contribution in [0.25, 0.3) is 5.69 Å². The van der Waals surface area contributed by atoms with Gasteiger partial charge in [0.15, 0.2) is 23.3 Å². The summed E-state index contributed by atoms with van der Waals surface area (Å²) in [5.41, 5.74) is -0.633. The SMILES string of the molecule is Cc1cccc(C)c1C(=O)c1c(C)nn(-c2c(F)c(F)c(F)c(F)c2F)c1O.[Mn]. The second-order valence-electron chi connectivity index (χ2n) is 6.21. The van der Waals surface area contributed by atoms with E-state index in [2.05, 4.69) is 5.10 Å². The zero-order valence-corrected chi connectivity index (χ0v) is 16.4. The summed E-state index contributed by atoms with van der Waals surface area (Å²) in [4.78, 5) is 12.9. The first kappa shape index (κ1) is 22.6. The van der Waals surface area contributed by atoms with Gasteiger partial charge in [0, 0.05) is 22.6 Å². The summed E-state index contributed by atoms with van der Waals surface area (Å²) in [5, 5.41) is 14.0. The Morgan fingerprint density at radius 1 is 0.862 bits per heavy atom. The Morgan fingerprint density at radius 3 is 1.79 bits per heavy atom. The summed E-state index contributed by atoms with van der Waals surface area (Å²) in [6.07, 6.45) is 0. The van der Waals surface area contributed by atoms with Crippen LogP contribution in [0.2, 0.25) is 0 Å². The molecule has 3 aromatic rings. The summed E-state index contributed by atoms with van der Waals surface area (Å²) in [6.45, 7) is 4.57. The van der Waals surface area contributed by atoms with E-state index in [-0.39, 0.29) is 33.0 Å². The molecular weight excluding hydrogens is 438 g/mol. The number of ketones is 1. The van der Waals surface area contributed by atoms with E-state index >= 15 is 0 Å². The molecule has 10 heteroatoms. The topological polar surface area (TPSA) is 55.1 Å². The first-order chi connectivity index (χ1) is 13.1. The Morgan fingerprint density at radius 2 is 1.31 bits per heavy atom. The molecule has 0 aliphatic rings. The van der Waals surface area contributed by atoms with Gasteiger partial charge >= 0.3 is 0 Å². The van der Waals surface area contributed by atoms with Crippen LogP contribution in [0.4, 0.5) is 22.0 Å². The third-order valence-corrected chi connectivity index (χ3v) is 4.37. The summed E-state index contributed by atoms with van der Waals surface area (Å²) in [6, 6.07) is 5.02. The second-order valence-corrected chi connectivity index (χ2v) is 6.21. The number of benzene rings is 2. The van der Waals surface area contributed by atoms with E-state index in [0.717, 1.165) is 0 Å². The molecule has 0 saturated heterocycles. The van der Waals surface area contributed by atoms with E-state index in [1.165, 1.54) is 6.92 Å². The number of aryl methyl sites for hydroxylation is 3. The summed E-state index contributed by atoms with van der Waals surface area (Å²) < 4.78 is 68.6. The summed E-state index contributed by atoms with van der Waals surface area (Å²) >= 11 is 0. The van der Waals surface area contributed by atoms with E-state index in [1.54, 1.807) is 32.0 Å². The fourth-order valence-corrected chi connectivity index (χ4v) is 3.01. The van der Waals surface area contributed by atoms with Crippen LogP contribution >= 0.6 is 0 Å². The largest absolute Gasteiger partial charge is 0.493 e. The number of aromatic hydroxyl groups is 1. The van der Waals surface area contributed by atoms with Crippen molar-refractivity contribution >= 4 is 5.78 Å². The van der Waals surface area contributed by atoms with Crippen molar-refractivity contribution in [2.75, 3.05) is 0 Å². The van der Waals surface area contributed by atoms with E-state index in [4.69, 9.17) is 0 Å². The number of hydrogen-bond donors (Lipinski definition) is 1. The smallest absolute Gasteiger partial charge is 0.226 e. The maximum atomic E-state index is 14.1. The van der Waals surface area contributed by atoms with Gasteiger partial charge in [-0.05, 0) is 31.9 Å². The van der Waals surface area contributed by atoms with E-state index in [0.29, 0.717) is 11.1 Å². The molecule has 0 fully saturated rings. The van der Waals surface area contributed by atoms with Crippen molar-refractivity contribution in [2.45, 2.75) is 20.8 Å². The molecule has 0 bridgehead atoms. The molecule has 153 valence electrons. The Balaban J connectivity index is 0.00000300. The number of carbonyl (C=O) groups excluding carboxylic acids is 1. The molecule has 0 unspecified atom stereocenters. The molecule has 1 aromatic heterocycles. The fraction of sp³-hybridized carbons (Fsp3) is 0.158. The number of aromatic nitrogens is 2. The van der Waals surface area contributed by atoms with Crippen molar-refractivity contribution in [2.24, 2.45) is 0 Å². The third-order valence-electron chi connectivity index (χ3n) is 4.37. The van der Waals surface area contributed by atoms with Crippen molar-refractivity contribution < 1.29 is 48.9 Å². The van der Waals surface area contributed by atoms with Crippen LogP contribution in [0.15, 0.2) is 18.2 Å². The average molecular weight is 451 g/mol. The minimum absolute atomic E-state index is 0. The van der Waals surface area contributed by atoms with Crippen LogP contribution in [-0.2, 0) is 17.1 Å². The first-order valence-corrected chi connectivity index (χ1v) is 7.99. The maximum absolute atomic E-state index is 14.1. The molecule has 0 amide bonds. The molecule has 1 N–H and O–H groups in total. The molecule has 0 aliphatic heterocycles. The van der Waals surface area contributed by atoms with Gasteiger partial charge in [-0.2, -0.15) is 9.78 Å². The zero-order chi connectivity index (χ0) is 20.9. The van der Waals surface area contributed by atoms with E-state index < -0.39 is 52.0 Å². The number of hydrogen-bond acceptors (Lipinski definition) is 3. The number of carbonyl (C=O) groups is 1. The van der Waals surface area contributed by atoms with Crippen LogP contribution in [0.5, 0.6) is 5.88 Å². The number of nitrogens with zero attached hydrogens (tertiary/aromatic N) is 2. The molecule has 1 radical (unpaired) electrons. The molecule has 0 atom stereocenters. The standard InChI is InChI=1S/C19H13F5N2O2.Mn/c1-7-5-4-6-8(2)10(7)18(27)11-9(3)25-26(19(11)28)17-15(23)13(21)12(20)14(22)16(17)24;/h4-6,28H,1-3H3;. The molecule has 29 heavy (non-hydrogen) atoms. The molecule has 4 nitrogen and oxygen atoms in total. The average Bonchev–Trinajstić information content (AvgIpc) is 2.92. The van der Waals surface area contributed by atoms with E-state index in [9.17, 15) is 31.9 Å². The van der Waals surface area contributed by atoms with Crippen LogP contribution in [-0.4, -0.2) is 20.7 Å². The van der Waals surface area contributed by atoms with Crippen LogP contribution in [0, 0.1) is 49.9 Å². The Kier molecular flexibility index (Phi) is 6.20. The number of rotatable bonds is 3. The molecule has 0 aliphatic carbocycles. The van der Waals surface area contributed by atoms with Crippen molar-refractivity contribution in [3.63, 3.8) is 0 Å². The van der Waals surface area contributed by atoms with Gasteiger partial charge in [-0.3, -0.25) is 4.79 Å². The third kappa shape index (κ3) is 3.42. The van der Waals surface area contributed by atoms with Gasteiger partial charge < -0.3 is 5.11 Å². The van der Waals surface area contributed by atoms with Crippen molar-refractivity contribution in [1.29, 1.82) is 0 Å². The predicted molar refractivity (Wildman–Crippen MR) is 89.1 cm³/mol. The van der Waals surface area contributed by atoms with Gasteiger partial charge in [-0.15, -0.1) is 0 Å². The van der Waals surface area contributed by atoms with Crippen molar-refractivity contribution in [1.82, 2.24) is 9.78 Å². The van der Waals surface area contributed by atoms with Crippen molar-refractivity contribution in [3.8, 4) is 11.6 Å². The van der Waals surface area contributed by atoms with Gasteiger partial charge in [-0.1, -0.05) is 18.2 Å². The Bertz CT molecular complexity index is 1100. The monoisotopic (exact) mass is 451 g/mol. The molecule has 2 aromatic carbocycles. The van der Waals surface area contributed by atoms with Gasteiger partial charge in [0.25, 0.3) is 0 Å². The Labute approximate surface area is 172 Å². The quantitative estimate of drug-likeness (QED) is 0.211. The van der Waals surface area contributed by atoms with Gasteiger partial charge in [-0.25, -0.2) is 22.0 Å². The normalized spacial score (nSPS) is 10.8. The number of halogens is 5. The van der Waals surface area contributed by atoms with Gasteiger partial charge in [0.2, 0.25) is 17.5 Å². The summed E-state index contributed by atoms with van der Waals surface area (Å²) in [5.74, 6) is -12.8.